The van der Waals surface area contributed by atoms with Crippen LogP contribution in [0.4, 0.5) is 23.5 Å². The lowest BCUT2D eigenvalue weighted by Gasteiger charge is -2.11. The van der Waals surface area contributed by atoms with Gasteiger partial charge in [-0.05, 0) is 31.5 Å². The molecule has 22 heavy (non-hydrogen) atoms. The molecule has 0 bridgehead atoms. The number of aromatic nitrogens is 3. The number of anilines is 1. The number of benzene rings is 1. The third-order valence-electron chi connectivity index (χ3n) is 2.92. The van der Waals surface area contributed by atoms with Gasteiger partial charge in [0.15, 0.2) is 5.78 Å². The number of nitrogen functional groups attached to an aromatic ring is 1. The van der Waals surface area contributed by atoms with E-state index in [0.29, 0.717) is 0 Å². The molecular weight excluding hydrogens is 304 g/mol. The van der Waals surface area contributed by atoms with E-state index in [0.717, 1.165) is 16.8 Å². The molecule has 5 nitrogen and oxygen atoms in total. The van der Waals surface area contributed by atoms with E-state index in [1.165, 1.54) is 13.8 Å². The predicted octanol–water partition coefficient (Wildman–Crippen LogP) is 2.74. The summed E-state index contributed by atoms with van der Waals surface area (Å²) in [4.78, 5) is 15.5. The summed E-state index contributed by atoms with van der Waals surface area (Å²) in [5.41, 5.74) is 5.21. The second-order valence-electron chi connectivity index (χ2n) is 4.76. The van der Waals surface area contributed by atoms with Crippen molar-refractivity contribution in [2.75, 3.05) is 5.73 Å². The first-order valence-corrected chi connectivity index (χ1v) is 6.18. The Morgan fingerprint density at radius 2 is 1.95 bits per heavy atom. The molecule has 0 atom stereocenters. The molecule has 0 amide bonds. The molecule has 0 aliphatic heterocycles. The molecule has 118 valence electrons. The van der Waals surface area contributed by atoms with Gasteiger partial charge in [-0.15, -0.1) is 5.10 Å². The van der Waals surface area contributed by atoms with E-state index in [9.17, 15) is 22.4 Å². The fourth-order valence-electron chi connectivity index (χ4n) is 2.01. The SMILES string of the molecule is Cc1nc(N)n(-c2cc(C(=O)CC(F)(F)F)c(C)cc2F)n1. The smallest absolute Gasteiger partial charge is 0.368 e. The van der Waals surface area contributed by atoms with Crippen LogP contribution >= 0.6 is 0 Å². The molecule has 0 aliphatic rings. The number of nitrogens with two attached hydrogens (primary N) is 1. The number of hydrogen-bond donors (Lipinski definition) is 1. The topological polar surface area (TPSA) is 73.8 Å². The van der Waals surface area contributed by atoms with E-state index in [2.05, 4.69) is 10.1 Å². The van der Waals surface area contributed by atoms with E-state index in [1.807, 2.05) is 0 Å². The van der Waals surface area contributed by atoms with Gasteiger partial charge in [0.05, 0.1) is 0 Å². The maximum Gasteiger partial charge on any atom is 0.396 e. The van der Waals surface area contributed by atoms with Gasteiger partial charge >= 0.3 is 6.18 Å². The third kappa shape index (κ3) is 3.23. The number of carbonyl (C=O) groups is 1. The van der Waals surface area contributed by atoms with Crippen molar-refractivity contribution in [3.63, 3.8) is 0 Å². The zero-order valence-corrected chi connectivity index (χ0v) is 11.7. The van der Waals surface area contributed by atoms with E-state index < -0.39 is 24.2 Å². The van der Waals surface area contributed by atoms with Crippen LogP contribution in [0.25, 0.3) is 5.69 Å². The number of carbonyl (C=O) groups excluding carboxylic acids is 1. The Morgan fingerprint density at radius 3 is 2.45 bits per heavy atom. The van der Waals surface area contributed by atoms with E-state index in [4.69, 9.17) is 5.73 Å². The lowest BCUT2D eigenvalue weighted by atomic mass is 10.0. The van der Waals surface area contributed by atoms with Crippen LogP contribution in [0.1, 0.15) is 28.2 Å². The summed E-state index contributed by atoms with van der Waals surface area (Å²) in [7, 11) is 0. The summed E-state index contributed by atoms with van der Waals surface area (Å²) >= 11 is 0. The minimum absolute atomic E-state index is 0.103. The van der Waals surface area contributed by atoms with Crippen LogP contribution in [-0.2, 0) is 0 Å². The molecule has 0 aliphatic carbocycles. The first-order valence-electron chi connectivity index (χ1n) is 6.18. The van der Waals surface area contributed by atoms with Crippen LogP contribution in [-0.4, -0.2) is 26.7 Å². The monoisotopic (exact) mass is 316 g/mol. The Kier molecular flexibility index (Phi) is 3.90. The average molecular weight is 316 g/mol. The van der Waals surface area contributed by atoms with Crippen molar-refractivity contribution in [2.45, 2.75) is 26.4 Å². The fourth-order valence-corrected chi connectivity index (χ4v) is 2.01. The molecule has 1 aromatic heterocycles. The Labute approximate surface area is 122 Å². The van der Waals surface area contributed by atoms with Crippen LogP contribution in [0.3, 0.4) is 0 Å². The predicted molar refractivity (Wildman–Crippen MR) is 70.2 cm³/mol. The summed E-state index contributed by atoms with van der Waals surface area (Å²) < 4.78 is 52.0. The molecule has 0 unspecified atom stereocenters. The van der Waals surface area contributed by atoms with Gasteiger partial charge in [0.2, 0.25) is 5.95 Å². The number of ketones is 1. The number of rotatable bonds is 3. The molecule has 9 heteroatoms. The van der Waals surface area contributed by atoms with Crippen LogP contribution in [0.2, 0.25) is 0 Å². The highest BCUT2D eigenvalue weighted by atomic mass is 19.4. The quantitative estimate of drug-likeness (QED) is 0.698. The van der Waals surface area contributed by atoms with Gasteiger partial charge in [-0.25, -0.2) is 4.39 Å². The molecule has 2 aromatic rings. The minimum Gasteiger partial charge on any atom is -0.368 e. The molecular formula is C13H12F4N4O. The van der Waals surface area contributed by atoms with Gasteiger partial charge < -0.3 is 5.73 Å². The van der Waals surface area contributed by atoms with Crippen LogP contribution in [0.15, 0.2) is 12.1 Å². The molecule has 0 saturated heterocycles. The molecule has 1 aromatic carbocycles. The Hall–Kier alpha value is -2.45. The van der Waals surface area contributed by atoms with Crippen LogP contribution < -0.4 is 5.73 Å². The first-order chi connectivity index (χ1) is 10.1. The van der Waals surface area contributed by atoms with Crippen LogP contribution in [0.5, 0.6) is 0 Å². The summed E-state index contributed by atoms with van der Waals surface area (Å²) in [6, 6.07) is 1.97. The van der Waals surface area contributed by atoms with Gasteiger partial charge in [0, 0.05) is 5.56 Å². The molecule has 1 heterocycles. The van der Waals surface area contributed by atoms with Crippen molar-refractivity contribution < 1.29 is 22.4 Å². The molecule has 0 spiro atoms. The van der Waals surface area contributed by atoms with Crippen molar-refractivity contribution in [3.05, 3.63) is 34.9 Å². The summed E-state index contributed by atoms with van der Waals surface area (Å²) in [5, 5.41) is 3.85. The molecule has 2 N–H and O–H groups in total. The largest absolute Gasteiger partial charge is 0.396 e. The fraction of sp³-hybridized carbons (Fsp3) is 0.308. The number of nitrogens with zero attached hydrogens (tertiary/aromatic N) is 3. The third-order valence-corrected chi connectivity index (χ3v) is 2.92. The number of Topliss-reactive ketones (excluding diaryl/α,β-unsaturated/α-hetero) is 1. The van der Waals surface area contributed by atoms with Crippen molar-refractivity contribution >= 4 is 11.7 Å². The maximum absolute atomic E-state index is 14.0. The second-order valence-corrected chi connectivity index (χ2v) is 4.76. The highest BCUT2D eigenvalue weighted by molar-refractivity contribution is 5.98. The van der Waals surface area contributed by atoms with Gasteiger partial charge in [-0.1, -0.05) is 0 Å². The van der Waals surface area contributed by atoms with Crippen molar-refractivity contribution in [1.29, 1.82) is 0 Å². The first kappa shape index (κ1) is 15.9. The maximum atomic E-state index is 14.0. The number of halogens is 4. The molecule has 0 fully saturated rings. The lowest BCUT2D eigenvalue weighted by molar-refractivity contribution is -0.125. The van der Waals surface area contributed by atoms with Gasteiger partial charge in [-0.2, -0.15) is 22.8 Å². The highest BCUT2D eigenvalue weighted by Gasteiger charge is 2.32. The number of hydrogen-bond acceptors (Lipinski definition) is 4. The summed E-state index contributed by atoms with van der Waals surface area (Å²) in [6.45, 7) is 2.88. The van der Waals surface area contributed by atoms with Gasteiger partial charge in [0.25, 0.3) is 0 Å². The van der Waals surface area contributed by atoms with Crippen molar-refractivity contribution in [2.24, 2.45) is 0 Å². The van der Waals surface area contributed by atoms with Gasteiger partial charge in [-0.3, -0.25) is 4.79 Å². The van der Waals surface area contributed by atoms with E-state index in [1.54, 1.807) is 0 Å². The Bertz CT molecular complexity index is 736. The van der Waals surface area contributed by atoms with Crippen LogP contribution in [0, 0.1) is 19.7 Å². The molecule has 0 saturated carbocycles. The van der Waals surface area contributed by atoms with Crippen molar-refractivity contribution in [1.82, 2.24) is 14.8 Å². The number of alkyl halides is 3. The molecule has 2 rings (SSSR count). The van der Waals surface area contributed by atoms with E-state index >= 15 is 0 Å². The highest BCUT2D eigenvalue weighted by Crippen LogP contribution is 2.26. The Morgan fingerprint density at radius 1 is 1.32 bits per heavy atom. The second kappa shape index (κ2) is 5.39. The van der Waals surface area contributed by atoms with Gasteiger partial charge in [0.1, 0.15) is 23.7 Å². The van der Waals surface area contributed by atoms with Crippen molar-refractivity contribution in [3.8, 4) is 5.69 Å². The zero-order chi connectivity index (χ0) is 16.7. The Balaban J connectivity index is 2.52. The average Bonchev–Trinajstić information content (AvgIpc) is 2.66. The summed E-state index contributed by atoms with van der Waals surface area (Å²) in [6.07, 6.45) is -6.26. The normalized spacial score (nSPS) is 11.7. The van der Waals surface area contributed by atoms with E-state index in [-0.39, 0.29) is 28.6 Å². The lowest BCUT2D eigenvalue weighted by Crippen LogP contribution is -2.17. The number of aryl methyl sites for hydroxylation is 2. The standard InChI is InChI=1S/C13H12F4N4O/c1-6-3-9(14)10(21-12(18)19-7(2)20-21)4-8(6)11(22)5-13(15,16)17/h3-4H,5H2,1-2H3,(H2,18,19,20). The zero-order valence-electron chi connectivity index (χ0n) is 11.7. The minimum atomic E-state index is -4.64. The molecule has 0 radical (unpaired) electrons. The summed E-state index contributed by atoms with van der Waals surface area (Å²) in [5.74, 6) is -1.78.